The Labute approximate surface area is 113 Å². The number of aromatic nitrogens is 2. The predicted molar refractivity (Wildman–Crippen MR) is 74.8 cm³/mol. The van der Waals surface area contributed by atoms with Crippen LogP contribution in [0.4, 0.5) is 11.5 Å². The van der Waals surface area contributed by atoms with E-state index in [1.165, 1.54) is 19.0 Å². The van der Waals surface area contributed by atoms with Crippen molar-refractivity contribution in [1.82, 2.24) is 14.9 Å². The van der Waals surface area contributed by atoms with Crippen molar-refractivity contribution in [3.8, 4) is 0 Å². The average Bonchev–Trinajstić information content (AvgIpc) is 2.35. The van der Waals surface area contributed by atoms with Crippen molar-refractivity contribution in [2.45, 2.75) is 19.8 Å². The van der Waals surface area contributed by atoms with E-state index in [0.29, 0.717) is 11.5 Å². The van der Waals surface area contributed by atoms with Crippen LogP contribution in [-0.4, -0.2) is 41.5 Å². The number of hydrogen-bond acceptors (Lipinski definition) is 5. The Morgan fingerprint density at radius 1 is 1.50 bits per heavy atom. The highest BCUT2D eigenvalue weighted by molar-refractivity contribution is 6.28. The minimum atomic E-state index is 0.222. The van der Waals surface area contributed by atoms with Gasteiger partial charge in [-0.2, -0.15) is 4.98 Å². The molecule has 1 saturated heterocycles. The molecule has 1 aliphatic rings. The molecule has 0 atom stereocenters. The number of rotatable bonds is 3. The summed E-state index contributed by atoms with van der Waals surface area (Å²) in [7, 11) is 2.16. The maximum atomic E-state index is 5.82. The first-order chi connectivity index (χ1) is 8.48. The Kier molecular flexibility index (Phi) is 3.92. The fourth-order valence-corrected chi connectivity index (χ4v) is 2.28. The molecule has 0 spiro atoms. The Hall–Kier alpha value is -1.07. The normalized spacial score (nSPS) is 19.7. The first kappa shape index (κ1) is 13.4. The summed E-state index contributed by atoms with van der Waals surface area (Å²) >= 11 is 5.77. The number of nitrogens with two attached hydrogens (primary N) is 1. The van der Waals surface area contributed by atoms with E-state index in [0.717, 1.165) is 19.6 Å². The second-order valence-corrected chi connectivity index (χ2v) is 5.75. The van der Waals surface area contributed by atoms with Gasteiger partial charge in [0.15, 0.2) is 5.82 Å². The zero-order valence-electron chi connectivity index (χ0n) is 10.9. The van der Waals surface area contributed by atoms with Crippen molar-refractivity contribution in [2.24, 2.45) is 5.41 Å². The van der Waals surface area contributed by atoms with E-state index in [4.69, 9.17) is 17.3 Å². The molecule has 1 aliphatic heterocycles. The fraction of sp³-hybridized carbons (Fsp3) is 0.667. The van der Waals surface area contributed by atoms with Crippen LogP contribution in [-0.2, 0) is 0 Å². The van der Waals surface area contributed by atoms with Crippen LogP contribution < -0.4 is 11.1 Å². The number of piperidine rings is 1. The van der Waals surface area contributed by atoms with Gasteiger partial charge < -0.3 is 16.0 Å². The molecule has 0 aromatic carbocycles. The first-order valence-corrected chi connectivity index (χ1v) is 6.57. The number of anilines is 2. The minimum absolute atomic E-state index is 0.222. The lowest BCUT2D eigenvalue weighted by Crippen LogP contribution is -2.40. The van der Waals surface area contributed by atoms with E-state index in [2.05, 4.69) is 34.2 Å². The van der Waals surface area contributed by atoms with E-state index >= 15 is 0 Å². The van der Waals surface area contributed by atoms with Crippen LogP contribution in [0.25, 0.3) is 0 Å². The van der Waals surface area contributed by atoms with E-state index in [1.54, 1.807) is 0 Å². The smallest absolute Gasteiger partial charge is 0.224 e. The second-order valence-electron chi connectivity index (χ2n) is 5.41. The number of nitrogens with zero attached hydrogens (tertiary/aromatic N) is 3. The summed E-state index contributed by atoms with van der Waals surface area (Å²) in [6, 6.07) is 0. The summed E-state index contributed by atoms with van der Waals surface area (Å²) in [5.74, 6) is 0.634. The maximum Gasteiger partial charge on any atom is 0.224 e. The van der Waals surface area contributed by atoms with Gasteiger partial charge in [-0.25, -0.2) is 4.98 Å². The lowest BCUT2D eigenvalue weighted by molar-refractivity contribution is 0.150. The molecule has 2 rings (SSSR count). The third-order valence-corrected chi connectivity index (χ3v) is 3.85. The van der Waals surface area contributed by atoms with Gasteiger partial charge in [-0.15, -0.1) is 0 Å². The zero-order chi connectivity index (χ0) is 13.2. The van der Waals surface area contributed by atoms with Crippen LogP contribution >= 0.6 is 11.6 Å². The Morgan fingerprint density at radius 2 is 2.17 bits per heavy atom. The van der Waals surface area contributed by atoms with Gasteiger partial charge in [-0.3, -0.25) is 0 Å². The fourth-order valence-electron chi connectivity index (χ4n) is 2.14. The molecular formula is C12H20ClN5. The van der Waals surface area contributed by atoms with Crippen LogP contribution in [0.3, 0.4) is 0 Å². The summed E-state index contributed by atoms with van der Waals surface area (Å²) in [6.07, 6.45) is 3.89. The van der Waals surface area contributed by atoms with Gasteiger partial charge in [0.1, 0.15) is 0 Å². The van der Waals surface area contributed by atoms with Crippen LogP contribution in [0.2, 0.25) is 5.28 Å². The van der Waals surface area contributed by atoms with Gasteiger partial charge in [-0.05, 0) is 50.0 Å². The topological polar surface area (TPSA) is 67.1 Å². The molecule has 0 bridgehead atoms. The molecule has 5 nitrogen and oxygen atoms in total. The predicted octanol–water partition coefficient (Wildman–Crippen LogP) is 1.86. The summed E-state index contributed by atoms with van der Waals surface area (Å²) in [5.41, 5.74) is 6.64. The van der Waals surface area contributed by atoms with Crippen LogP contribution in [0.15, 0.2) is 6.20 Å². The largest absolute Gasteiger partial charge is 0.394 e. The highest BCUT2D eigenvalue weighted by Gasteiger charge is 2.28. The molecule has 3 N–H and O–H groups in total. The lowest BCUT2D eigenvalue weighted by Gasteiger charge is -2.38. The summed E-state index contributed by atoms with van der Waals surface area (Å²) in [6.45, 7) is 5.43. The summed E-state index contributed by atoms with van der Waals surface area (Å²) < 4.78 is 0. The lowest BCUT2D eigenvalue weighted by atomic mass is 9.80. The minimum Gasteiger partial charge on any atom is -0.394 e. The molecule has 18 heavy (non-hydrogen) atoms. The van der Waals surface area contributed by atoms with Gasteiger partial charge in [0.2, 0.25) is 5.28 Å². The van der Waals surface area contributed by atoms with Crippen molar-refractivity contribution in [3.05, 3.63) is 11.5 Å². The highest BCUT2D eigenvalue weighted by Crippen LogP contribution is 2.31. The molecule has 0 unspecified atom stereocenters. The van der Waals surface area contributed by atoms with Crippen LogP contribution in [0.1, 0.15) is 19.8 Å². The third kappa shape index (κ3) is 3.23. The van der Waals surface area contributed by atoms with Gasteiger partial charge >= 0.3 is 0 Å². The van der Waals surface area contributed by atoms with Crippen LogP contribution in [0, 0.1) is 5.41 Å². The molecule has 2 heterocycles. The number of halogens is 1. The number of hydrogen-bond donors (Lipinski definition) is 2. The second kappa shape index (κ2) is 5.28. The van der Waals surface area contributed by atoms with E-state index in [9.17, 15) is 0 Å². The van der Waals surface area contributed by atoms with Crippen molar-refractivity contribution in [2.75, 3.05) is 37.7 Å². The Balaban J connectivity index is 1.96. The van der Waals surface area contributed by atoms with Crippen LogP contribution in [0.5, 0.6) is 0 Å². The molecule has 1 aromatic heterocycles. The van der Waals surface area contributed by atoms with Crippen molar-refractivity contribution in [1.29, 1.82) is 0 Å². The number of likely N-dealkylation sites (tertiary alicyclic amines) is 1. The van der Waals surface area contributed by atoms with Crippen molar-refractivity contribution < 1.29 is 0 Å². The molecule has 0 radical (unpaired) electrons. The average molecular weight is 270 g/mol. The van der Waals surface area contributed by atoms with Gasteiger partial charge in [0.05, 0.1) is 11.9 Å². The maximum absolute atomic E-state index is 5.82. The molecule has 0 saturated carbocycles. The highest BCUT2D eigenvalue weighted by atomic mass is 35.5. The number of nitrogens with one attached hydrogen (secondary N) is 1. The molecule has 0 amide bonds. The number of nitrogen functional groups attached to an aromatic ring is 1. The zero-order valence-corrected chi connectivity index (χ0v) is 11.7. The molecule has 0 aliphatic carbocycles. The SMILES string of the molecule is CN1CCC(C)(CNc2nc(Cl)ncc2N)CC1. The van der Waals surface area contributed by atoms with Gasteiger partial charge in [0.25, 0.3) is 0 Å². The Bertz CT molecular complexity index is 415. The van der Waals surface area contributed by atoms with E-state index in [1.807, 2.05) is 0 Å². The molecule has 100 valence electrons. The summed E-state index contributed by atoms with van der Waals surface area (Å²) in [4.78, 5) is 10.3. The molecule has 1 aromatic rings. The van der Waals surface area contributed by atoms with Gasteiger partial charge in [-0.1, -0.05) is 6.92 Å². The molecule has 1 fully saturated rings. The monoisotopic (exact) mass is 269 g/mol. The molecular weight excluding hydrogens is 250 g/mol. The molecule has 6 heteroatoms. The standard InChI is InChI=1S/C12H20ClN5/c1-12(3-5-18(2)6-4-12)8-16-10-9(14)7-15-11(13)17-10/h7H,3-6,8,14H2,1-2H3,(H,15,16,17). The Morgan fingerprint density at radius 3 is 2.83 bits per heavy atom. The van der Waals surface area contributed by atoms with E-state index < -0.39 is 0 Å². The summed E-state index contributed by atoms with van der Waals surface area (Å²) in [5, 5.41) is 3.52. The quantitative estimate of drug-likeness (QED) is 0.820. The third-order valence-electron chi connectivity index (χ3n) is 3.66. The van der Waals surface area contributed by atoms with Crippen molar-refractivity contribution >= 4 is 23.1 Å². The first-order valence-electron chi connectivity index (χ1n) is 6.19. The van der Waals surface area contributed by atoms with Crippen molar-refractivity contribution in [3.63, 3.8) is 0 Å². The van der Waals surface area contributed by atoms with Gasteiger partial charge in [0, 0.05) is 6.54 Å². The van der Waals surface area contributed by atoms with E-state index in [-0.39, 0.29) is 10.7 Å².